The highest BCUT2D eigenvalue weighted by Gasteiger charge is 2.28. The molecule has 1 aromatic heterocycles. The van der Waals surface area contributed by atoms with E-state index >= 15 is 0 Å². The first-order valence-corrected chi connectivity index (χ1v) is 9.05. The number of aryl methyl sites for hydroxylation is 1. The van der Waals surface area contributed by atoms with E-state index in [2.05, 4.69) is 10.3 Å². The summed E-state index contributed by atoms with van der Waals surface area (Å²) in [5, 5.41) is 8.47. The zero-order valence-electron chi connectivity index (χ0n) is 16.3. The number of amides is 1. The summed E-state index contributed by atoms with van der Waals surface area (Å²) in [7, 11) is 3.67. The second-order valence-corrected chi connectivity index (χ2v) is 5.34. The maximum absolute atomic E-state index is 12.8. The summed E-state index contributed by atoms with van der Waals surface area (Å²) < 4.78 is 1.76. The van der Waals surface area contributed by atoms with Gasteiger partial charge in [0.25, 0.3) is 5.91 Å². The smallest absolute Gasteiger partial charge is 0.258 e. The molecule has 0 atom stereocenters. The van der Waals surface area contributed by atoms with Gasteiger partial charge in [-0.1, -0.05) is 69.3 Å². The maximum atomic E-state index is 12.8. The molecule has 2 heterocycles. The van der Waals surface area contributed by atoms with Crippen LogP contribution >= 0.6 is 0 Å². The van der Waals surface area contributed by atoms with Crippen molar-refractivity contribution in [2.75, 3.05) is 11.9 Å². The number of aromatic nitrogens is 3. The average Bonchev–Trinajstić information content (AvgIpc) is 3.10. The Hall–Kier alpha value is -2.95. The van der Waals surface area contributed by atoms with Crippen molar-refractivity contribution in [3.8, 4) is 22.5 Å². The minimum absolute atomic E-state index is 0.0423. The van der Waals surface area contributed by atoms with Crippen LogP contribution in [0.2, 0.25) is 0 Å². The predicted octanol–water partition coefficient (Wildman–Crippen LogP) is 4.79. The number of anilines is 1. The van der Waals surface area contributed by atoms with Gasteiger partial charge in [-0.15, -0.1) is 5.10 Å². The Balaban J connectivity index is 0.000000570. The van der Waals surface area contributed by atoms with Gasteiger partial charge in [-0.05, 0) is 12.1 Å². The SMILES string of the molecule is CC.CC.CN1C(=O)c2ccccc2-c2nnn(C)c2-c2ccccc21. The molecule has 5 nitrogen and oxygen atoms in total. The molecule has 0 spiro atoms. The molecule has 0 bridgehead atoms. The summed E-state index contributed by atoms with van der Waals surface area (Å²) >= 11 is 0. The van der Waals surface area contributed by atoms with Gasteiger partial charge >= 0.3 is 0 Å². The first kappa shape index (κ1) is 19.4. The highest BCUT2D eigenvalue weighted by Crippen LogP contribution is 2.39. The van der Waals surface area contributed by atoms with Crippen LogP contribution in [0.25, 0.3) is 22.5 Å². The lowest BCUT2D eigenvalue weighted by Gasteiger charge is -2.24. The van der Waals surface area contributed by atoms with Crippen LogP contribution in [0.15, 0.2) is 48.5 Å². The first-order chi connectivity index (χ1) is 12.7. The minimum Gasteiger partial charge on any atom is -0.311 e. The van der Waals surface area contributed by atoms with Crippen molar-refractivity contribution in [1.29, 1.82) is 0 Å². The highest BCUT2D eigenvalue weighted by molar-refractivity contribution is 6.13. The largest absolute Gasteiger partial charge is 0.311 e. The van der Waals surface area contributed by atoms with Crippen LogP contribution in [0.4, 0.5) is 5.69 Å². The van der Waals surface area contributed by atoms with Gasteiger partial charge in [0.1, 0.15) is 5.69 Å². The molecule has 0 saturated carbocycles. The van der Waals surface area contributed by atoms with Gasteiger partial charge in [0.05, 0.1) is 11.4 Å². The Morgan fingerprint density at radius 1 is 0.769 bits per heavy atom. The molecule has 0 N–H and O–H groups in total. The number of para-hydroxylation sites is 1. The Bertz CT molecular complexity index is 899. The molecule has 0 aliphatic carbocycles. The molecule has 4 rings (SSSR count). The molecule has 0 fully saturated rings. The Kier molecular flexibility index (Phi) is 6.28. The number of hydrogen-bond acceptors (Lipinski definition) is 3. The van der Waals surface area contributed by atoms with Gasteiger partial charge in [0.2, 0.25) is 0 Å². The zero-order chi connectivity index (χ0) is 19.3. The molecule has 0 unspecified atom stereocenters. The Morgan fingerprint density at radius 3 is 1.96 bits per heavy atom. The number of carbonyl (C=O) groups is 1. The molecular formula is C21H26N4O. The van der Waals surface area contributed by atoms with Crippen molar-refractivity contribution < 1.29 is 4.79 Å². The summed E-state index contributed by atoms with van der Waals surface area (Å²) in [5.74, 6) is -0.0423. The molecule has 3 aromatic rings. The van der Waals surface area contributed by atoms with Crippen LogP contribution < -0.4 is 4.90 Å². The standard InChI is InChI=1S/C17H14N4O.2C2H6/c1-20-14-10-6-5-9-13(14)16-15(18-19-21(16)2)11-7-3-4-8-12(11)17(20)22;2*1-2/h3-10H,1-2H3;2*1-2H3. The summed E-state index contributed by atoms with van der Waals surface area (Å²) in [6.07, 6.45) is 0. The normalized spacial score (nSPS) is 11.5. The molecule has 1 aliphatic heterocycles. The quantitative estimate of drug-likeness (QED) is 0.585. The van der Waals surface area contributed by atoms with E-state index in [-0.39, 0.29) is 5.91 Å². The molecule has 1 aliphatic rings. The van der Waals surface area contributed by atoms with Crippen molar-refractivity contribution in [3.05, 3.63) is 54.1 Å². The highest BCUT2D eigenvalue weighted by atomic mass is 16.2. The first-order valence-electron chi connectivity index (χ1n) is 9.05. The topological polar surface area (TPSA) is 51.0 Å². The molecule has 0 radical (unpaired) electrons. The molecule has 136 valence electrons. The van der Waals surface area contributed by atoms with Gasteiger partial charge in [0.15, 0.2) is 0 Å². The monoisotopic (exact) mass is 350 g/mol. The Morgan fingerprint density at radius 2 is 1.31 bits per heavy atom. The van der Waals surface area contributed by atoms with E-state index in [0.29, 0.717) is 5.56 Å². The fourth-order valence-corrected chi connectivity index (χ4v) is 2.97. The third-order valence-electron chi connectivity index (χ3n) is 4.06. The van der Waals surface area contributed by atoms with Gasteiger partial charge < -0.3 is 4.90 Å². The number of fused-ring (bicyclic) bond motifs is 5. The second-order valence-electron chi connectivity index (χ2n) is 5.34. The van der Waals surface area contributed by atoms with Gasteiger partial charge in [-0.3, -0.25) is 4.79 Å². The van der Waals surface area contributed by atoms with Crippen molar-refractivity contribution in [2.45, 2.75) is 27.7 Å². The van der Waals surface area contributed by atoms with E-state index in [4.69, 9.17) is 0 Å². The van der Waals surface area contributed by atoms with Crippen molar-refractivity contribution in [2.24, 2.45) is 7.05 Å². The zero-order valence-corrected chi connectivity index (χ0v) is 16.3. The number of rotatable bonds is 0. The number of benzene rings is 2. The van der Waals surface area contributed by atoms with Crippen LogP contribution in [0, 0.1) is 0 Å². The van der Waals surface area contributed by atoms with Gasteiger partial charge in [-0.2, -0.15) is 0 Å². The lowest BCUT2D eigenvalue weighted by molar-refractivity contribution is 0.0993. The number of hydrogen-bond donors (Lipinski definition) is 0. The van der Waals surface area contributed by atoms with Crippen LogP contribution in [-0.2, 0) is 7.05 Å². The Labute approximate surface area is 155 Å². The fraction of sp³-hybridized carbons (Fsp3) is 0.286. The van der Waals surface area contributed by atoms with E-state index < -0.39 is 0 Å². The van der Waals surface area contributed by atoms with E-state index in [1.165, 1.54) is 0 Å². The lowest BCUT2D eigenvalue weighted by atomic mass is 9.95. The third-order valence-corrected chi connectivity index (χ3v) is 4.06. The van der Waals surface area contributed by atoms with Crippen LogP contribution in [0.3, 0.4) is 0 Å². The van der Waals surface area contributed by atoms with E-state index in [1.54, 1.807) is 16.6 Å². The second kappa shape index (κ2) is 8.43. The van der Waals surface area contributed by atoms with E-state index in [9.17, 15) is 4.79 Å². The van der Waals surface area contributed by atoms with E-state index in [0.717, 1.165) is 28.2 Å². The molecule has 2 aromatic carbocycles. The van der Waals surface area contributed by atoms with Crippen molar-refractivity contribution in [1.82, 2.24) is 15.0 Å². The summed E-state index contributed by atoms with van der Waals surface area (Å²) in [5.41, 5.74) is 4.93. The van der Waals surface area contributed by atoms with Crippen LogP contribution in [0.5, 0.6) is 0 Å². The lowest BCUT2D eigenvalue weighted by Crippen LogP contribution is -2.28. The average molecular weight is 350 g/mol. The van der Waals surface area contributed by atoms with Crippen LogP contribution in [-0.4, -0.2) is 27.9 Å². The minimum atomic E-state index is -0.0423. The van der Waals surface area contributed by atoms with Gasteiger partial charge in [-0.25, -0.2) is 4.68 Å². The molecular weight excluding hydrogens is 324 g/mol. The van der Waals surface area contributed by atoms with Crippen molar-refractivity contribution in [3.63, 3.8) is 0 Å². The fourth-order valence-electron chi connectivity index (χ4n) is 2.97. The van der Waals surface area contributed by atoms with Crippen molar-refractivity contribution >= 4 is 11.6 Å². The third kappa shape index (κ3) is 3.12. The summed E-state index contributed by atoms with van der Waals surface area (Å²) in [6, 6.07) is 15.4. The molecule has 0 saturated heterocycles. The summed E-state index contributed by atoms with van der Waals surface area (Å²) in [6.45, 7) is 8.00. The maximum Gasteiger partial charge on any atom is 0.258 e. The van der Waals surface area contributed by atoms with E-state index in [1.807, 2.05) is 83.3 Å². The molecule has 5 heteroatoms. The summed E-state index contributed by atoms with van der Waals surface area (Å²) in [4.78, 5) is 14.5. The predicted molar refractivity (Wildman–Crippen MR) is 107 cm³/mol. The van der Waals surface area contributed by atoms with Gasteiger partial charge in [0, 0.05) is 30.8 Å². The number of nitrogens with zero attached hydrogens (tertiary/aromatic N) is 4. The number of carbonyl (C=O) groups excluding carboxylic acids is 1. The molecule has 1 amide bonds. The van der Waals surface area contributed by atoms with Crippen LogP contribution in [0.1, 0.15) is 38.1 Å². The molecule has 26 heavy (non-hydrogen) atoms.